The number of thiophene rings is 1. The minimum Gasteiger partial charge on any atom is -0.486 e. The number of ether oxygens (including phenoxy) is 1. The first-order chi connectivity index (χ1) is 8.84. The second kappa shape index (κ2) is 4.66. The average molecular weight is 256 g/mol. The average Bonchev–Trinajstić information content (AvgIpc) is 2.91. The fourth-order valence-corrected chi connectivity index (χ4v) is 2.46. The van der Waals surface area contributed by atoms with E-state index < -0.39 is 0 Å². The molecule has 0 spiro atoms. The first-order valence-electron chi connectivity index (χ1n) is 5.62. The highest BCUT2D eigenvalue weighted by Crippen LogP contribution is 2.30. The van der Waals surface area contributed by atoms with Gasteiger partial charge in [-0.15, -0.1) is 11.3 Å². The fraction of sp³-hybridized carbons (Fsp3) is 0.0714. The molecule has 0 aliphatic rings. The summed E-state index contributed by atoms with van der Waals surface area (Å²) in [6.45, 7) is 0.554. The third-order valence-corrected chi connectivity index (χ3v) is 3.62. The zero-order valence-corrected chi connectivity index (χ0v) is 10.5. The molecule has 0 fully saturated rings. The molecule has 0 bridgehead atoms. The van der Waals surface area contributed by atoms with Gasteiger partial charge in [-0.05, 0) is 29.6 Å². The molecule has 18 heavy (non-hydrogen) atoms. The molecule has 2 heterocycles. The number of rotatable bonds is 3. The van der Waals surface area contributed by atoms with E-state index in [2.05, 4.69) is 4.98 Å². The van der Waals surface area contributed by atoms with Crippen LogP contribution in [-0.2, 0) is 6.61 Å². The topological polar surface area (TPSA) is 48.1 Å². The van der Waals surface area contributed by atoms with Gasteiger partial charge in [0.15, 0.2) is 0 Å². The summed E-state index contributed by atoms with van der Waals surface area (Å²) in [5.41, 5.74) is 6.78. The highest BCUT2D eigenvalue weighted by atomic mass is 32.1. The van der Waals surface area contributed by atoms with Crippen LogP contribution in [0.2, 0.25) is 0 Å². The summed E-state index contributed by atoms with van der Waals surface area (Å²) in [6.07, 6.45) is 3.54. The van der Waals surface area contributed by atoms with Crippen LogP contribution in [-0.4, -0.2) is 4.98 Å². The van der Waals surface area contributed by atoms with E-state index in [9.17, 15) is 0 Å². The molecule has 2 aromatic heterocycles. The van der Waals surface area contributed by atoms with Crippen molar-refractivity contribution in [2.45, 2.75) is 6.61 Å². The fourth-order valence-electron chi connectivity index (χ4n) is 1.84. The van der Waals surface area contributed by atoms with Gasteiger partial charge in [0.25, 0.3) is 0 Å². The summed E-state index contributed by atoms with van der Waals surface area (Å²) in [4.78, 5) is 5.26. The SMILES string of the molecule is Nc1c(OCc2cccs2)ccc2cnccc12. The van der Waals surface area contributed by atoms with Crippen LogP contribution in [0.5, 0.6) is 5.75 Å². The van der Waals surface area contributed by atoms with Gasteiger partial charge in [0, 0.05) is 28.0 Å². The predicted molar refractivity (Wildman–Crippen MR) is 74.8 cm³/mol. The molecule has 0 saturated heterocycles. The lowest BCUT2D eigenvalue weighted by Gasteiger charge is -2.10. The van der Waals surface area contributed by atoms with E-state index in [1.54, 1.807) is 23.7 Å². The summed E-state index contributed by atoms with van der Waals surface area (Å²) >= 11 is 1.68. The Kier molecular flexibility index (Phi) is 2.86. The molecule has 4 heteroatoms. The number of aromatic nitrogens is 1. The van der Waals surface area contributed by atoms with Crippen molar-refractivity contribution in [1.82, 2.24) is 4.98 Å². The second-order valence-electron chi connectivity index (χ2n) is 3.94. The van der Waals surface area contributed by atoms with Gasteiger partial charge in [0.2, 0.25) is 0 Å². The van der Waals surface area contributed by atoms with Gasteiger partial charge >= 0.3 is 0 Å². The molecule has 0 unspecified atom stereocenters. The Labute approximate surface area is 109 Å². The van der Waals surface area contributed by atoms with Crippen LogP contribution in [0.4, 0.5) is 5.69 Å². The number of fused-ring (bicyclic) bond motifs is 1. The van der Waals surface area contributed by atoms with Gasteiger partial charge in [-0.2, -0.15) is 0 Å². The van der Waals surface area contributed by atoms with Gasteiger partial charge in [-0.3, -0.25) is 4.98 Å². The van der Waals surface area contributed by atoms with Crippen LogP contribution in [0.1, 0.15) is 4.88 Å². The molecule has 0 saturated carbocycles. The molecule has 0 radical (unpaired) electrons. The predicted octanol–water partition coefficient (Wildman–Crippen LogP) is 3.46. The van der Waals surface area contributed by atoms with Crippen molar-refractivity contribution in [3.05, 3.63) is 53.0 Å². The Bertz CT molecular complexity index is 665. The summed E-state index contributed by atoms with van der Waals surface area (Å²) in [5, 5.41) is 4.04. The van der Waals surface area contributed by atoms with Gasteiger partial charge in [-0.25, -0.2) is 0 Å². The zero-order valence-electron chi connectivity index (χ0n) is 9.67. The maximum atomic E-state index is 6.11. The number of anilines is 1. The lowest BCUT2D eigenvalue weighted by atomic mass is 10.1. The molecule has 0 amide bonds. The second-order valence-corrected chi connectivity index (χ2v) is 4.97. The first-order valence-corrected chi connectivity index (χ1v) is 6.50. The summed E-state index contributed by atoms with van der Waals surface area (Å²) in [5.74, 6) is 0.724. The third-order valence-electron chi connectivity index (χ3n) is 2.77. The largest absolute Gasteiger partial charge is 0.486 e. The first kappa shape index (κ1) is 11.0. The van der Waals surface area contributed by atoms with Gasteiger partial charge in [0.1, 0.15) is 12.4 Å². The monoisotopic (exact) mass is 256 g/mol. The quantitative estimate of drug-likeness (QED) is 0.730. The van der Waals surface area contributed by atoms with Crippen molar-refractivity contribution in [1.29, 1.82) is 0 Å². The number of nitrogens with two attached hydrogens (primary N) is 1. The normalized spacial score (nSPS) is 10.7. The Morgan fingerprint density at radius 1 is 1.22 bits per heavy atom. The van der Waals surface area contributed by atoms with Crippen molar-refractivity contribution < 1.29 is 4.74 Å². The number of nitrogen functional groups attached to an aromatic ring is 1. The Hall–Kier alpha value is -2.07. The molecular weight excluding hydrogens is 244 g/mol. The standard InChI is InChI=1S/C14H12N2OS/c15-14-12-5-6-16-8-10(12)3-4-13(14)17-9-11-2-1-7-18-11/h1-8H,9,15H2. The summed E-state index contributed by atoms with van der Waals surface area (Å²) < 4.78 is 5.75. The maximum Gasteiger partial charge on any atom is 0.143 e. The lowest BCUT2D eigenvalue weighted by Crippen LogP contribution is -1.98. The number of pyridine rings is 1. The van der Waals surface area contributed by atoms with Crippen LogP contribution in [0.15, 0.2) is 48.1 Å². The van der Waals surface area contributed by atoms with Crippen LogP contribution < -0.4 is 10.5 Å². The van der Waals surface area contributed by atoms with Crippen molar-refractivity contribution in [2.75, 3.05) is 5.73 Å². The highest BCUT2D eigenvalue weighted by molar-refractivity contribution is 7.09. The van der Waals surface area contributed by atoms with Crippen LogP contribution >= 0.6 is 11.3 Å². The molecule has 90 valence electrons. The molecule has 3 rings (SSSR count). The molecule has 0 aliphatic heterocycles. The summed E-state index contributed by atoms with van der Waals surface area (Å²) in [7, 11) is 0. The van der Waals surface area contributed by atoms with Crippen molar-refractivity contribution in [3.8, 4) is 5.75 Å². The van der Waals surface area contributed by atoms with Gasteiger partial charge < -0.3 is 10.5 Å². The maximum absolute atomic E-state index is 6.11. The van der Waals surface area contributed by atoms with Crippen molar-refractivity contribution >= 4 is 27.8 Å². The van der Waals surface area contributed by atoms with E-state index in [-0.39, 0.29) is 0 Å². The van der Waals surface area contributed by atoms with E-state index in [4.69, 9.17) is 10.5 Å². The van der Waals surface area contributed by atoms with E-state index >= 15 is 0 Å². The van der Waals surface area contributed by atoms with Crippen molar-refractivity contribution in [3.63, 3.8) is 0 Å². The molecular formula is C14H12N2OS. The molecule has 3 aromatic rings. The van der Waals surface area contributed by atoms with Crippen LogP contribution in [0.25, 0.3) is 10.8 Å². The third kappa shape index (κ3) is 2.02. The highest BCUT2D eigenvalue weighted by Gasteiger charge is 2.05. The van der Waals surface area contributed by atoms with E-state index in [1.807, 2.05) is 35.7 Å². The van der Waals surface area contributed by atoms with E-state index in [0.717, 1.165) is 16.5 Å². The smallest absolute Gasteiger partial charge is 0.143 e. The molecule has 2 N–H and O–H groups in total. The number of hydrogen-bond donors (Lipinski definition) is 1. The minimum atomic E-state index is 0.554. The number of hydrogen-bond acceptors (Lipinski definition) is 4. The molecule has 0 aliphatic carbocycles. The molecule has 3 nitrogen and oxygen atoms in total. The summed E-state index contributed by atoms with van der Waals surface area (Å²) in [6, 6.07) is 9.84. The van der Waals surface area contributed by atoms with Gasteiger partial charge in [-0.1, -0.05) is 6.07 Å². The minimum absolute atomic E-state index is 0.554. The van der Waals surface area contributed by atoms with Crippen LogP contribution in [0.3, 0.4) is 0 Å². The lowest BCUT2D eigenvalue weighted by molar-refractivity contribution is 0.312. The van der Waals surface area contributed by atoms with E-state index in [1.165, 1.54) is 4.88 Å². The molecule has 1 aromatic carbocycles. The zero-order chi connectivity index (χ0) is 12.4. The number of benzene rings is 1. The Morgan fingerprint density at radius 2 is 2.17 bits per heavy atom. The molecule has 0 atom stereocenters. The van der Waals surface area contributed by atoms with E-state index in [0.29, 0.717) is 12.3 Å². The number of nitrogens with zero attached hydrogens (tertiary/aromatic N) is 1. The van der Waals surface area contributed by atoms with Gasteiger partial charge in [0.05, 0.1) is 5.69 Å². The van der Waals surface area contributed by atoms with Crippen LogP contribution in [0, 0.1) is 0 Å². The Morgan fingerprint density at radius 3 is 3.00 bits per heavy atom. The Balaban J connectivity index is 1.90. The van der Waals surface area contributed by atoms with Crippen molar-refractivity contribution in [2.24, 2.45) is 0 Å².